The van der Waals surface area contributed by atoms with E-state index in [0.717, 1.165) is 27.2 Å². The number of hydrogen-bond donors (Lipinski definition) is 3. The van der Waals surface area contributed by atoms with E-state index in [-0.39, 0.29) is 5.91 Å². The minimum atomic E-state index is -0.475. The Morgan fingerprint density at radius 3 is 2.75 bits per heavy atom. The Labute approximate surface area is 141 Å². The number of fused-ring (bicyclic) bond motifs is 3. The van der Waals surface area contributed by atoms with E-state index in [1.54, 1.807) is 36.0 Å². The number of anilines is 2. The summed E-state index contributed by atoms with van der Waals surface area (Å²) in [6, 6.07) is 10.5. The van der Waals surface area contributed by atoms with Crippen LogP contribution in [0.5, 0.6) is 0 Å². The van der Waals surface area contributed by atoms with Crippen LogP contribution >= 0.6 is 11.3 Å². The standard InChI is InChI=1S/C17H12N4O2S/c18-16(22)9-1-3-10(4-2-9)19-7-11-14-12(21-17(11)23)5-6-13-15(14)24-8-20-13/h1-8,19H,(H2,18,22)(H,21,23). The molecule has 4 N–H and O–H groups in total. The average molecular weight is 336 g/mol. The highest BCUT2D eigenvalue weighted by Crippen LogP contribution is 2.39. The van der Waals surface area contributed by atoms with Crippen molar-refractivity contribution in [2.75, 3.05) is 10.6 Å². The summed E-state index contributed by atoms with van der Waals surface area (Å²) in [7, 11) is 0. The summed E-state index contributed by atoms with van der Waals surface area (Å²) >= 11 is 1.50. The molecule has 7 heteroatoms. The normalized spacial score (nSPS) is 14.7. The van der Waals surface area contributed by atoms with Gasteiger partial charge in [-0.05, 0) is 36.4 Å². The Morgan fingerprint density at radius 2 is 2.00 bits per heavy atom. The topological polar surface area (TPSA) is 97.1 Å². The molecule has 0 unspecified atom stereocenters. The lowest BCUT2D eigenvalue weighted by molar-refractivity contribution is -0.110. The summed E-state index contributed by atoms with van der Waals surface area (Å²) in [4.78, 5) is 27.6. The zero-order chi connectivity index (χ0) is 16.7. The predicted octanol–water partition coefficient (Wildman–Crippen LogP) is 2.80. The van der Waals surface area contributed by atoms with Crippen LogP contribution in [0.4, 0.5) is 11.4 Å². The van der Waals surface area contributed by atoms with E-state index in [4.69, 9.17) is 5.73 Å². The maximum atomic E-state index is 12.3. The highest BCUT2D eigenvalue weighted by Gasteiger charge is 2.27. The summed E-state index contributed by atoms with van der Waals surface area (Å²) in [5.41, 5.74) is 11.2. The molecule has 0 saturated heterocycles. The van der Waals surface area contributed by atoms with Crippen molar-refractivity contribution in [2.45, 2.75) is 0 Å². The number of rotatable bonds is 3. The first-order valence-corrected chi connectivity index (χ1v) is 8.06. The van der Waals surface area contributed by atoms with Gasteiger partial charge < -0.3 is 16.4 Å². The molecule has 0 saturated carbocycles. The van der Waals surface area contributed by atoms with Gasteiger partial charge in [0.25, 0.3) is 5.91 Å². The van der Waals surface area contributed by atoms with E-state index in [2.05, 4.69) is 15.6 Å². The number of nitrogens with zero attached hydrogens (tertiary/aromatic N) is 1. The Morgan fingerprint density at radius 1 is 1.21 bits per heavy atom. The minimum Gasteiger partial charge on any atom is -0.366 e. The molecule has 0 atom stereocenters. The van der Waals surface area contributed by atoms with Crippen LogP contribution in [0.1, 0.15) is 15.9 Å². The number of carbonyl (C=O) groups is 2. The first-order chi connectivity index (χ1) is 11.6. The second-order valence-corrected chi connectivity index (χ2v) is 6.14. The maximum Gasteiger partial charge on any atom is 0.257 e. The van der Waals surface area contributed by atoms with Crippen molar-refractivity contribution in [1.29, 1.82) is 0 Å². The van der Waals surface area contributed by atoms with Crippen LogP contribution in [0.2, 0.25) is 0 Å². The molecule has 2 heterocycles. The molecule has 0 spiro atoms. The molecule has 0 fully saturated rings. The first kappa shape index (κ1) is 14.4. The summed E-state index contributed by atoms with van der Waals surface area (Å²) in [6.07, 6.45) is 1.67. The van der Waals surface area contributed by atoms with E-state index in [1.807, 2.05) is 12.1 Å². The van der Waals surface area contributed by atoms with Gasteiger partial charge in [-0.25, -0.2) is 4.98 Å². The van der Waals surface area contributed by atoms with Crippen LogP contribution in [0.25, 0.3) is 15.8 Å². The number of hydrogen-bond acceptors (Lipinski definition) is 5. The Kier molecular flexibility index (Phi) is 3.28. The Hall–Kier alpha value is -3.19. The monoisotopic (exact) mass is 336 g/mol. The summed E-state index contributed by atoms with van der Waals surface area (Å²) in [6.45, 7) is 0. The summed E-state index contributed by atoms with van der Waals surface area (Å²) in [5.74, 6) is -0.635. The van der Waals surface area contributed by atoms with Crippen LogP contribution in [-0.4, -0.2) is 16.8 Å². The maximum absolute atomic E-state index is 12.3. The van der Waals surface area contributed by atoms with Gasteiger partial charge in [0.15, 0.2) is 0 Å². The van der Waals surface area contributed by atoms with Gasteiger partial charge in [-0.1, -0.05) is 0 Å². The predicted molar refractivity (Wildman–Crippen MR) is 94.8 cm³/mol. The van der Waals surface area contributed by atoms with Crippen molar-refractivity contribution in [3.63, 3.8) is 0 Å². The van der Waals surface area contributed by atoms with Crippen molar-refractivity contribution in [3.05, 3.63) is 59.2 Å². The number of amides is 2. The van der Waals surface area contributed by atoms with Crippen LogP contribution in [0.3, 0.4) is 0 Å². The minimum absolute atomic E-state index is 0.160. The molecule has 0 bridgehead atoms. The van der Waals surface area contributed by atoms with Crippen LogP contribution < -0.4 is 16.4 Å². The van der Waals surface area contributed by atoms with Gasteiger partial charge in [0.1, 0.15) is 0 Å². The van der Waals surface area contributed by atoms with E-state index in [9.17, 15) is 9.59 Å². The lowest BCUT2D eigenvalue weighted by atomic mass is 10.1. The van der Waals surface area contributed by atoms with Gasteiger partial charge in [-0.2, -0.15) is 0 Å². The average Bonchev–Trinajstić information content (AvgIpc) is 3.16. The molecule has 1 aromatic heterocycles. The lowest BCUT2D eigenvalue weighted by Crippen LogP contribution is -2.10. The number of carbonyl (C=O) groups excluding carboxylic acids is 2. The second kappa shape index (κ2) is 5.47. The highest BCUT2D eigenvalue weighted by atomic mass is 32.1. The van der Waals surface area contributed by atoms with Gasteiger partial charge in [0.2, 0.25) is 5.91 Å². The largest absolute Gasteiger partial charge is 0.366 e. The van der Waals surface area contributed by atoms with Crippen molar-refractivity contribution in [2.24, 2.45) is 5.73 Å². The van der Waals surface area contributed by atoms with E-state index >= 15 is 0 Å². The molecule has 1 aliphatic rings. The fourth-order valence-corrected chi connectivity index (χ4v) is 3.48. The van der Waals surface area contributed by atoms with Gasteiger partial charge in [-0.15, -0.1) is 11.3 Å². The number of nitrogens with one attached hydrogen (secondary N) is 2. The van der Waals surface area contributed by atoms with E-state index in [1.165, 1.54) is 11.3 Å². The SMILES string of the molecule is NC(=O)c1ccc(NC=C2C(=O)Nc3ccc4ncsc4c32)cc1. The number of aromatic nitrogens is 1. The molecule has 0 radical (unpaired) electrons. The molecule has 2 amide bonds. The zero-order valence-electron chi connectivity index (χ0n) is 12.4. The van der Waals surface area contributed by atoms with Crippen LogP contribution in [-0.2, 0) is 4.79 Å². The van der Waals surface area contributed by atoms with Gasteiger partial charge in [-0.3, -0.25) is 9.59 Å². The molecule has 6 nitrogen and oxygen atoms in total. The smallest absolute Gasteiger partial charge is 0.257 e. The fraction of sp³-hybridized carbons (Fsp3) is 0. The first-order valence-electron chi connectivity index (χ1n) is 7.18. The van der Waals surface area contributed by atoms with Crippen molar-refractivity contribution in [3.8, 4) is 0 Å². The molecule has 0 aliphatic carbocycles. The van der Waals surface area contributed by atoms with E-state index < -0.39 is 5.91 Å². The van der Waals surface area contributed by atoms with Crippen molar-refractivity contribution >= 4 is 50.3 Å². The third kappa shape index (κ3) is 2.31. The van der Waals surface area contributed by atoms with Gasteiger partial charge >= 0.3 is 0 Å². The lowest BCUT2D eigenvalue weighted by Gasteiger charge is -2.04. The van der Waals surface area contributed by atoms with Gasteiger partial charge in [0.05, 0.1) is 27.0 Å². The molecule has 24 heavy (non-hydrogen) atoms. The number of primary amides is 1. The fourth-order valence-electron chi connectivity index (χ4n) is 2.63. The van der Waals surface area contributed by atoms with E-state index in [0.29, 0.717) is 11.1 Å². The van der Waals surface area contributed by atoms with Crippen molar-refractivity contribution < 1.29 is 9.59 Å². The number of thiazole rings is 1. The molecular weight excluding hydrogens is 324 g/mol. The molecule has 3 aromatic rings. The highest BCUT2D eigenvalue weighted by molar-refractivity contribution is 7.17. The second-order valence-electron chi connectivity index (χ2n) is 5.29. The summed E-state index contributed by atoms with van der Waals surface area (Å²) < 4.78 is 0.975. The number of nitrogens with two attached hydrogens (primary N) is 1. The Bertz CT molecular complexity index is 1010. The summed E-state index contributed by atoms with van der Waals surface area (Å²) in [5, 5.41) is 5.95. The molecule has 1 aliphatic heterocycles. The molecule has 2 aromatic carbocycles. The van der Waals surface area contributed by atoms with Gasteiger partial charge in [0, 0.05) is 23.0 Å². The molecule has 4 rings (SSSR count). The Balaban J connectivity index is 1.69. The zero-order valence-corrected chi connectivity index (χ0v) is 13.2. The van der Waals surface area contributed by atoms with Crippen LogP contribution in [0.15, 0.2) is 48.1 Å². The number of benzene rings is 2. The van der Waals surface area contributed by atoms with Crippen LogP contribution in [0, 0.1) is 0 Å². The third-order valence-corrected chi connectivity index (χ3v) is 4.67. The molecular formula is C17H12N4O2S. The third-order valence-electron chi connectivity index (χ3n) is 3.81. The van der Waals surface area contributed by atoms with Crippen molar-refractivity contribution in [1.82, 2.24) is 4.98 Å². The molecule has 118 valence electrons. The quantitative estimate of drug-likeness (QED) is 0.641.